The fourth-order valence-corrected chi connectivity index (χ4v) is 12.5. The van der Waals surface area contributed by atoms with E-state index in [4.69, 9.17) is 8.83 Å². The summed E-state index contributed by atoms with van der Waals surface area (Å²) in [5.74, 6) is 0. The van der Waals surface area contributed by atoms with Crippen molar-refractivity contribution in [3.8, 4) is 22.3 Å². The van der Waals surface area contributed by atoms with Crippen molar-refractivity contribution in [2.75, 3.05) is 9.80 Å². The van der Waals surface area contributed by atoms with Crippen molar-refractivity contribution in [1.82, 2.24) is 0 Å². The van der Waals surface area contributed by atoms with Crippen LogP contribution >= 0.6 is 22.7 Å². The van der Waals surface area contributed by atoms with Crippen LogP contribution in [0.1, 0.15) is 58.2 Å². The maximum Gasteiger partial charge on any atom is 0.342 e. The first-order valence-corrected chi connectivity index (χ1v) is 24.7. The average Bonchev–Trinajstić information content (AvgIpc) is 4.11. The lowest BCUT2D eigenvalue weighted by molar-refractivity contribution is 0.590. The molecule has 0 N–H and O–H groups in total. The van der Waals surface area contributed by atoms with E-state index in [9.17, 15) is 0 Å². The molecule has 4 nitrogen and oxygen atoms in total. The van der Waals surface area contributed by atoms with E-state index in [2.05, 4.69) is 215 Å². The van der Waals surface area contributed by atoms with Crippen molar-refractivity contribution in [2.45, 2.75) is 59.3 Å². The van der Waals surface area contributed by atoms with Crippen molar-refractivity contribution in [3.05, 3.63) is 173 Å². The number of anilines is 6. The molecular formula is C59H47BN2O2S2. The van der Waals surface area contributed by atoms with Crippen molar-refractivity contribution < 1.29 is 8.83 Å². The molecular weight excluding hydrogens is 844 g/mol. The molecule has 0 unspecified atom stereocenters. The van der Waals surface area contributed by atoms with Gasteiger partial charge in [0.2, 0.25) is 0 Å². The highest BCUT2D eigenvalue weighted by Crippen LogP contribution is 2.51. The molecule has 2 aliphatic rings. The highest BCUT2D eigenvalue weighted by molar-refractivity contribution is 7.18. The van der Waals surface area contributed by atoms with Gasteiger partial charge < -0.3 is 18.6 Å². The van der Waals surface area contributed by atoms with Crippen LogP contribution in [0.5, 0.6) is 0 Å². The van der Waals surface area contributed by atoms with Gasteiger partial charge in [-0.25, -0.2) is 0 Å². The van der Waals surface area contributed by atoms with E-state index in [-0.39, 0.29) is 17.5 Å². The van der Waals surface area contributed by atoms with Gasteiger partial charge in [0.25, 0.3) is 0 Å². The number of hydrogen-bond acceptors (Lipinski definition) is 6. The molecule has 6 heterocycles. The molecule has 66 heavy (non-hydrogen) atoms. The first-order valence-electron chi connectivity index (χ1n) is 22.9. The molecule has 0 spiro atoms. The van der Waals surface area contributed by atoms with Gasteiger partial charge in [-0.05, 0) is 135 Å². The number of fused-ring (bicyclic) bond motifs is 10. The second-order valence-electron chi connectivity index (χ2n) is 20.3. The van der Waals surface area contributed by atoms with Crippen molar-refractivity contribution in [2.24, 2.45) is 0 Å². The highest BCUT2D eigenvalue weighted by atomic mass is 32.1. The van der Waals surface area contributed by atoms with Crippen LogP contribution in [0.3, 0.4) is 0 Å². The summed E-state index contributed by atoms with van der Waals surface area (Å²) in [4.78, 5) is 4.98. The van der Waals surface area contributed by atoms with E-state index in [1.807, 2.05) is 0 Å². The maximum atomic E-state index is 7.31. The SMILES string of the molecule is Cc1cc2c3c(c1)N(c1cccc(-c4csc5ccccc45)c1)c1c(oc4ccc(C(C)(C)C)cc14)B3c1oc3ccc(C(C)(C)C)cc3c1N2c1cccc(-c2csc3ccccc23)c1. The minimum Gasteiger partial charge on any atom is -0.468 e. The number of aryl methyl sites for hydroxylation is 1. The third-order valence-corrected chi connectivity index (χ3v) is 15.9. The Labute approximate surface area is 393 Å². The largest absolute Gasteiger partial charge is 0.468 e. The Morgan fingerprint density at radius 1 is 0.470 bits per heavy atom. The monoisotopic (exact) mass is 890 g/mol. The van der Waals surface area contributed by atoms with Gasteiger partial charge in [0.05, 0.1) is 11.4 Å². The molecule has 7 aromatic carbocycles. The van der Waals surface area contributed by atoms with Crippen LogP contribution in [-0.2, 0) is 10.8 Å². The molecule has 320 valence electrons. The number of thiophene rings is 2. The molecule has 4 aromatic heterocycles. The van der Waals surface area contributed by atoms with Crippen LogP contribution in [0, 0.1) is 6.92 Å². The number of benzene rings is 7. The molecule has 0 aliphatic carbocycles. The average molecular weight is 891 g/mol. The number of rotatable bonds is 4. The molecule has 0 amide bonds. The van der Waals surface area contributed by atoms with Crippen molar-refractivity contribution in [1.29, 1.82) is 0 Å². The predicted octanol–water partition coefficient (Wildman–Crippen LogP) is 15.9. The zero-order chi connectivity index (χ0) is 44.8. The summed E-state index contributed by atoms with van der Waals surface area (Å²) in [7, 11) is 0. The molecule has 0 radical (unpaired) electrons. The summed E-state index contributed by atoms with van der Waals surface area (Å²) in [5, 5.41) is 9.36. The Hall–Kier alpha value is -6.80. The second-order valence-corrected chi connectivity index (χ2v) is 22.1. The van der Waals surface area contributed by atoms with Gasteiger partial charge in [-0.2, -0.15) is 0 Å². The third-order valence-electron chi connectivity index (χ3n) is 13.9. The Morgan fingerprint density at radius 3 is 1.38 bits per heavy atom. The number of furan rings is 2. The van der Waals surface area contributed by atoms with Crippen LogP contribution in [0.4, 0.5) is 34.1 Å². The normalized spacial score (nSPS) is 13.6. The van der Waals surface area contributed by atoms with E-state index in [0.29, 0.717) is 0 Å². The van der Waals surface area contributed by atoms with Crippen LogP contribution in [0.15, 0.2) is 165 Å². The minimum absolute atomic E-state index is 0.0642. The van der Waals surface area contributed by atoms with Crippen molar-refractivity contribution in [3.63, 3.8) is 0 Å². The first kappa shape index (κ1) is 39.6. The van der Waals surface area contributed by atoms with Gasteiger partial charge >= 0.3 is 6.71 Å². The zero-order valence-electron chi connectivity index (χ0n) is 38.1. The molecule has 0 fully saturated rings. The van der Waals surface area contributed by atoms with Crippen molar-refractivity contribution >= 4 is 122 Å². The number of hydrogen-bond donors (Lipinski definition) is 0. The molecule has 0 bridgehead atoms. The summed E-state index contributed by atoms with van der Waals surface area (Å²) in [6.07, 6.45) is 0. The van der Waals surface area contributed by atoms with Crippen LogP contribution < -0.4 is 26.6 Å². The minimum atomic E-state index is -0.308. The molecule has 7 heteroatoms. The Kier molecular flexibility index (Phi) is 8.45. The smallest absolute Gasteiger partial charge is 0.342 e. The lowest BCUT2D eigenvalue weighted by Crippen LogP contribution is -2.60. The molecule has 0 atom stereocenters. The molecule has 2 aliphatic heterocycles. The topological polar surface area (TPSA) is 32.8 Å². The summed E-state index contributed by atoms with van der Waals surface area (Å²) in [5.41, 5.74) is 19.7. The fraction of sp³-hybridized carbons (Fsp3) is 0.153. The van der Waals surface area contributed by atoms with Gasteiger partial charge in [0.1, 0.15) is 22.5 Å². The highest BCUT2D eigenvalue weighted by Gasteiger charge is 2.50. The van der Waals surface area contributed by atoms with Gasteiger partial charge in [0, 0.05) is 64.8 Å². The molecule has 0 saturated carbocycles. The van der Waals surface area contributed by atoms with E-state index >= 15 is 0 Å². The Bertz CT molecular complexity index is 3550. The summed E-state index contributed by atoms with van der Waals surface area (Å²) in [6, 6.07) is 54.0. The van der Waals surface area contributed by atoms with Crippen LogP contribution in [0.25, 0.3) is 64.4 Å². The quantitative estimate of drug-likeness (QED) is 0.165. The van der Waals surface area contributed by atoms with E-state index < -0.39 is 0 Å². The van der Waals surface area contributed by atoms with Gasteiger partial charge in [0.15, 0.2) is 0 Å². The van der Waals surface area contributed by atoms with E-state index in [0.717, 1.165) is 67.4 Å². The molecule has 11 aromatic rings. The van der Waals surface area contributed by atoms with Gasteiger partial charge in [-0.1, -0.05) is 114 Å². The standard InChI is InChI=1S/C59H47BN2O2S2/c1-34-26-47-53-48(27-34)62(40-17-13-15-36(29-40)46-33-66-52-21-11-9-19-42(46)52)55-44-31-38(59(5,6)7)23-25-50(44)64-57(55)60(53)56-54(43-30-37(58(2,3)4)22-24-49(43)63-56)61(47)39-16-12-14-35(28-39)45-32-65-51-20-10-8-18-41(45)51/h8-33H,1-7H3. The second kappa shape index (κ2) is 14.1. The molecule has 0 saturated heterocycles. The van der Waals surface area contributed by atoms with Gasteiger partial charge in [-0.3, -0.25) is 0 Å². The maximum absolute atomic E-state index is 7.31. The predicted molar refractivity (Wildman–Crippen MR) is 284 cm³/mol. The molecule has 13 rings (SSSR count). The lowest BCUT2D eigenvalue weighted by atomic mass is 9.37. The fourth-order valence-electron chi connectivity index (χ4n) is 10.6. The van der Waals surface area contributed by atoms with Gasteiger partial charge in [-0.15, -0.1) is 22.7 Å². The van der Waals surface area contributed by atoms with E-state index in [1.54, 1.807) is 22.7 Å². The third kappa shape index (κ3) is 5.89. The summed E-state index contributed by atoms with van der Waals surface area (Å²) in [6.45, 7) is 15.7. The Balaban J connectivity index is 1.12. The van der Waals surface area contributed by atoms with Crippen LogP contribution in [0.2, 0.25) is 0 Å². The number of nitrogens with zero attached hydrogens (tertiary/aromatic N) is 2. The summed E-state index contributed by atoms with van der Waals surface area (Å²) < 4.78 is 17.2. The zero-order valence-corrected chi connectivity index (χ0v) is 39.7. The summed E-state index contributed by atoms with van der Waals surface area (Å²) >= 11 is 3.60. The lowest BCUT2D eigenvalue weighted by Gasteiger charge is -2.41. The van der Waals surface area contributed by atoms with E-state index in [1.165, 1.54) is 64.6 Å². The van der Waals surface area contributed by atoms with Crippen LogP contribution in [-0.4, -0.2) is 6.71 Å². The Morgan fingerprint density at radius 2 is 0.924 bits per heavy atom. The first-order chi connectivity index (χ1) is 31.9.